The first-order valence-electron chi connectivity index (χ1n) is 8.48. The van der Waals surface area contributed by atoms with Crippen molar-refractivity contribution >= 4 is 33.2 Å². The van der Waals surface area contributed by atoms with Crippen LogP contribution in [0, 0.1) is 10.8 Å². The minimum atomic E-state index is -4.09. The highest BCUT2D eigenvalue weighted by Crippen LogP contribution is 2.37. The number of ketones is 1. The van der Waals surface area contributed by atoms with Gasteiger partial charge in [-0.1, -0.05) is 58.3 Å². The van der Waals surface area contributed by atoms with Crippen molar-refractivity contribution in [2.75, 3.05) is 0 Å². The third kappa shape index (κ3) is 5.08. The second kappa shape index (κ2) is 7.24. The number of halogens is 1. The van der Waals surface area contributed by atoms with E-state index in [0.717, 1.165) is 0 Å². The Labute approximate surface area is 165 Å². The largest absolute Gasteiger partial charge is 0.358 e. The van der Waals surface area contributed by atoms with Crippen molar-refractivity contribution in [3.05, 3.63) is 52.6 Å². The zero-order valence-electron chi connectivity index (χ0n) is 16.3. The van der Waals surface area contributed by atoms with Crippen LogP contribution in [0.3, 0.4) is 0 Å². The number of benzene rings is 1. The van der Waals surface area contributed by atoms with Crippen LogP contribution in [0.2, 0.25) is 5.02 Å². The fourth-order valence-corrected chi connectivity index (χ4v) is 3.38. The van der Waals surface area contributed by atoms with Gasteiger partial charge in [-0.15, -0.1) is 0 Å². The highest BCUT2D eigenvalue weighted by molar-refractivity contribution is 7.86. The monoisotopic (exact) mass is 409 g/mol. The Hall–Kier alpha value is -1.92. The van der Waals surface area contributed by atoms with Gasteiger partial charge in [0, 0.05) is 16.2 Å². The van der Waals surface area contributed by atoms with Crippen LogP contribution in [0.25, 0.3) is 0 Å². The molecule has 0 heterocycles. The maximum Gasteiger partial charge on any atom is 0.358 e. The number of hydrogen-bond acceptors (Lipinski definition) is 5. The summed E-state index contributed by atoms with van der Waals surface area (Å²) in [5.74, 6) is -0.0606. The Bertz CT molecular complexity index is 905. The first-order valence-corrected chi connectivity index (χ1v) is 10.3. The van der Waals surface area contributed by atoms with Crippen molar-refractivity contribution in [1.82, 2.24) is 0 Å². The van der Waals surface area contributed by atoms with E-state index < -0.39 is 20.9 Å². The Morgan fingerprint density at radius 3 is 1.74 bits per heavy atom. The molecule has 0 spiro atoms. The SMILES string of the molecule is CC(C)(C)C1=CC(=NOS(=O)(=O)c2ccc(Cl)cc2)C=C(C(C)(C)C)C1=O. The van der Waals surface area contributed by atoms with Crippen LogP contribution in [0.15, 0.2) is 57.6 Å². The molecular formula is C20H24ClNO4S. The smallest absolute Gasteiger partial charge is 0.289 e. The van der Waals surface area contributed by atoms with Crippen molar-refractivity contribution < 1.29 is 17.5 Å². The predicted octanol–water partition coefficient (Wildman–Crippen LogP) is 4.93. The molecule has 0 fully saturated rings. The second-order valence-corrected chi connectivity index (χ2v) is 10.4. The highest BCUT2D eigenvalue weighted by Gasteiger charge is 2.34. The number of allylic oxidation sites excluding steroid dienone is 4. The fourth-order valence-electron chi connectivity index (χ4n) is 2.52. The van der Waals surface area contributed by atoms with Crippen molar-refractivity contribution in [3.63, 3.8) is 0 Å². The molecule has 146 valence electrons. The van der Waals surface area contributed by atoms with Gasteiger partial charge in [0.15, 0.2) is 5.78 Å². The Morgan fingerprint density at radius 1 is 0.889 bits per heavy atom. The third-order valence-electron chi connectivity index (χ3n) is 4.03. The molecule has 5 nitrogen and oxygen atoms in total. The molecule has 1 aromatic rings. The Morgan fingerprint density at radius 2 is 1.33 bits per heavy atom. The number of carbonyl (C=O) groups excluding carboxylic acids is 1. The molecule has 0 aliphatic heterocycles. The van der Waals surface area contributed by atoms with Crippen LogP contribution in [0.1, 0.15) is 41.5 Å². The molecule has 7 heteroatoms. The molecule has 0 radical (unpaired) electrons. The van der Waals surface area contributed by atoms with E-state index >= 15 is 0 Å². The van der Waals surface area contributed by atoms with E-state index in [1.807, 2.05) is 41.5 Å². The number of rotatable bonds is 3. The van der Waals surface area contributed by atoms with Gasteiger partial charge in [-0.05, 0) is 47.2 Å². The molecule has 2 rings (SSSR count). The summed E-state index contributed by atoms with van der Waals surface area (Å²) >= 11 is 5.78. The maximum atomic E-state index is 12.9. The molecule has 0 saturated heterocycles. The zero-order valence-corrected chi connectivity index (χ0v) is 17.9. The minimum absolute atomic E-state index is 0.0526. The van der Waals surface area contributed by atoms with Crippen molar-refractivity contribution in [3.8, 4) is 0 Å². The van der Waals surface area contributed by atoms with E-state index in [1.54, 1.807) is 12.2 Å². The minimum Gasteiger partial charge on any atom is -0.289 e. The van der Waals surface area contributed by atoms with Crippen molar-refractivity contribution in [1.29, 1.82) is 0 Å². The first-order chi connectivity index (χ1) is 12.2. The molecule has 27 heavy (non-hydrogen) atoms. The van der Waals surface area contributed by atoms with Crippen LogP contribution in [-0.4, -0.2) is 19.9 Å². The van der Waals surface area contributed by atoms with Gasteiger partial charge in [0.05, 0.1) is 0 Å². The van der Waals surface area contributed by atoms with Gasteiger partial charge in [-0.25, -0.2) is 0 Å². The van der Waals surface area contributed by atoms with E-state index in [1.165, 1.54) is 24.3 Å². The van der Waals surface area contributed by atoms with E-state index in [-0.39, 0.29) is 16.4 Å². The summed E-state index contributed by atoms with van der Waals surface area (Å²) in [5, 5.41) is 4.22. The molecule has 0 atom stereocenters. The quantitative estimate of drug-likeness (QED) is 0.524. The summed E-state index contributed by atoms with van der Waals surface area (Å²) in [6.45, 7) is 11.5. The van der Waals surface area contributed by atoms with E-state index in [4.69, 9.17) is 15.9 Å². The lowest BCUT2D eigenvalue weighted by molar-refractivity contribution is -0.114. The summed E-state index contributed by atoms with van der Waals surface area (Å²) in [5.41, 5.74) is 0.555. The molecule has 0 aromatic heterocycles. The van der Waals surface area contributed by atoms with Gasteiger partial charge in [0.1, 0.15) is 10.6 Å². The highest BCUT2D eigenvalue weighted by atomic mass is 35.5. The molecule has 0 N–H and O–H groups in total. The number of nitrogens with zero attached hydrogens (tertiary/aromatic N) is 1. The molecular weight excluding hydrogens is 386 g/mol. The molecule has 1 aromatic carbocycles. The van der Waals surface area contributed by atoms with E-state index in [0.29, 0.717) is 16.2 Å². The molecule has 1 aliphatic carbocycles. The van der Waals surface area contributed by atoms with Gasteiger partial charge < -0.3 is 0 Å². The number of oxime groups is 1. The lowest BCUT2D eigenvalue weighted by atomic mass is 9.72. The standard InChI is InChI=1S/C20H24ClNO4S/c1-19(2,3)16-11-14(12-17(18(16)23)20(4,5)6)22-26-27(24,25)15-9-7-13(21)8-10-15/h7-12H,1-6H3. The number of Topliss-reactive ketones (excluding diaryl/α,β-unsaturated/α-hetero) is 1. The Kier molecular flexibility index (Phi) is 5.74. The van der Waals surface area contributed by atoms with Crippen LogP contribution in [0.5, 0.6) is 0 Å². The summed E-state index contributed by atoms with van der Waals surface area (Å²) < 4.78 is 29.5. The fraction of sp³-hybridized carbons (Fsp3) is 0.400. The van der Waals surface area contributed by atoms with Gasteiger partial charge >= 0.3 is 10.1 Å². The molecule has 0 saturated carbocycles. The van der Waals surface area contributed by atoms with Crippen LogP contribution in [-0.2, 0) is 19.2 Å². The molecule has 0 unspecified atom stereocenters. The normalized spacial score (nSPS) is 16.0. The van der Waals surface area contributed by atoms with Crippen LogP contribution >= 0.6 is 11.6 Å². The molecule has 0 amide bonds. The number of hydrogen-bond donors (Lipinski definition) is 0. The summed E-state index contributed by atoms with van der Waals surface area (Å²) in [4.78, 5) is 12.8. The van der Waals surface area contributed by atoms with Crippen molar-refractivity contribution in [2.45, 2.75) is 46.4 Å². The summed E-state index contributed by atoms with van der Waals surface area (Å²) in [6.07, 6.45) is 3.16. The summed E-state index contributed by atoms with van der Waals surface area (Å²) in [6, 6.07) is 5.60. The maximum absolute atomic E-state index is 12.9. The topological polar surface area (TPSA) is 72.8 Å². The lowest BCUT2D eigenvalue weighted by Gasteiger charge is -2.30. The van der Waals surface area contributed by atoms with E-state index in [2.05, 4.69) is 5.16 Å². The van der Waals surface area contributed by atoms with Crippen LogP contribution < -0.4 is 0 Å². The second-order valence-electron chi connectivity index (χ2n) is 8.44. The predicted molar refractivity (Wildman–Crippen MR) is 107 cm³/mol. The third-order valence-corrected chi connectivity index (χ3v) is 5.41. The zero-order chi connectivity index (χ0) is 20.6. The average molecular weight is 410 g/mol. The number of carbonyl (C=O) groups is 1. The Balaban J connectivity index is 2.45. The van der Waals surface area contributed by atoms with Gasteiger partial charge in [-0.2, -0.15) is 8.42 Å². The van der Waals surface area contributed by atoms with E-state index in [9.17, 15) is 13.2 Å². The van der Waals surface area contributed by atoms with Gasteiger partial charge in [0.25, 0.3) is 0 Å². The molecule has 0 bridgehead atoms. The first kappa shape index (κ1) is 21.4. The van der Waals surface area contributed by atoms with Crippen molar-refractivity contribution in [2.24, 2.45) is 16.0 Å². The lowest BCUT2D eigenvalue weighted by Crippen LogP contribution is -2.29. The van der Waals surface area contributed by atoms with Crippen LogP contribution in [0.4, 0.5) is 0 Å². The average Bonchev–Trinajstić information content (AvgIpc) is 2.52. The summed E-state index contributed by atoms with van der Waals surface area (Å²) in [7, 11) is -4.09. The van der Waals surface area contributed by atoms with Gasteiger partial charge in [0.2, 0.25) is 0 Å². The van der Waals surface area contributed by atoms with Gasteiger partial charge in [-0.3, -0.25) is 9.08 Å². The molecule has 1 aliphatic rings.